The third-order valence-corrected chi connectivity index (χ3v) is 1.63. The van der Waals surface area contributed by atoms with E-state index in [9.17, 15) is 10.3 Å². The van der Waals surface area contributed by atoms with Crippen molar-refractivity contribution in [1.29, 1.82) is 0 Å². The molecule has 13 heavy (non-hydrogen) atoms. The monoisotopic (exact) mass is 201 g/mol. The summed E-state index contributed by atoms with van der Waals surface area (Å²) < 4.78 is 0. The summed E-state index contributed by atoms with van der Waals surface area (Å²) >= 11 is 5.64. The van der Waals surface area contributed by atoms with Gasteiger partial charge in [0.15, 0.2) is 0 Å². The van der Waals surface area contributed by atoms with E-state index in [1.807, 2.05) is 0 Å². The predicted molar refractivity (Wildman–Crippen MR) is 48.3 cm³/mol. The number of hydrogen-bond donors (Lipinski definition) is 3. The summed E-state index contributed by atoms with van der Waals surface area (Å²) in [7, 11) is 0. The Morgan fingerprint density at radius 2 is 2.15 bits per heavy atom. The van der Waals surface area contributed by atoms with Gasteiger partial charge in [-0.05, 0) is 18.2 Å². The van der Waals surface area contributed by atoms with Crippen LogP contribution in [0.3, 0.4) is 0 Å². The Bertz CT molecular complexity index is 325. The summed E-state index contributed by atoms with van der Waals surface area (Å²) in [6.45, 7) is 0. The second kappa shape index (κ2) is 4.25. The fourth-order valence-electron chi connectivity index (χ4n) is 0.820. The number of phenols is 1. The highest BCUT2D eigenvalue weighted by Crippen LogP contribution is 2.21. The molecule has 0 aliphatic heterocycles. The molecule has 0 aliphatic carbocycles. The molecule has 0 saturated heterocycles. The van der Waals surface area contributed by atoms with Crippen LogP contribution < -0.4 is 5.23 Å². The van der Waals surface area contributed by atoms with Crippen LogP contribution in [0.1, 0.15) is 5.56 Å². The molecule has 5 heteroatoms. The molecule has 0 fully saturated rings. The van der Waals surface area contributed by atoms with Gasteiger partial charge in [0, 0.05) is 16.7 Å². The van der Waals surface area contributed by atoms with Gasteiger partial charge in [-0.2, -0.15) is 0 Å². The predicted octanol–water partition coefficient (Wildman–Crippen LogP) is 0.788. The molecule has 0 radical (unpaired) electrons. The van der Waals surface area contributed by atoms with Gasteiger partial charge in [-0.3, -0.25) is 0 Å². The summed E-state index contributed by atoms with van der Waals surface area (Å²) in [5.41, 5.74) is 0.384. The Labute approximate surface area is 79.8 Å². The van der Waals surface area contributed by atoms with Crippen molar-refractivity contribution in [1.82, 2.24) is 0 Å². The highest BCUT2D eigenvalue weighted by molar-refractivity contribution is 6.30. The normalized spacial score (nSPS) is 13.5. The number of hydrogen-bond acceptors (Lipinski definition) is 3. The van der Waals surface area contributed by atoms with Gasteiger partial charge >= 0.3 is 0 Å². The number of quaternary nitrogens is 1. The van der Waals surface area contributed by atoms with Crippen molar-refractivity contribution in [3.05, 3.63) is 40.2 Å². The molecule has 4 nitrogen and oxygen atoms in total. The maximum absolute atomic E-state index is 10.2. The van der Waals surface area contributed by atoms with Crippen LogP contribution in [0.25, 0.3) is 6.08 Å². The zero-order chi connectivity index (χ0) is 9.84. The maximum Gasteiger partial charge on any atom is 0.128 e. The topological polar surface area (TPSA) is 68.0 Å². The van der Waals surface area contributed by atoms with Crippen molar-refractivity contribution in [3.8, 4) is 5.75 Å². The minimum atomic E-state index is -1.07. The highest BCUT2D eigenvalue weighted by atomic mass is 35.5. The van der Waals surface area contributed by atoms with Gasteiger partial charge < -0.3 is 10.3 Å². The summed E-state index contributed by atoms with van der Waals surface area (Å²) in [6, 6.07) is 4.41. The van der Waals surface area contributed by atoms with E-state index in [1.54, 1.807) is 0 Å². The molecule has 0 heterocycles. The number of nitrogens with one attached hydrogen (secondary N) is 1. The van der Waals surface area contributed by atoms with Crippen molar-refractivity contribution in [2.75, 3.05) is 0 Å². The minimum absolute atomic E-state index is 0.00176. The second-order valence-corrected chi connectivity index (χ2v) is 2.81. The van der Waals surface area contributed by atoms with Crippen LogP contribution in [0, 0.1) is 5.21 Å². The maximum atomic E-state index is 10.2. The third-order valence-electron chi connectivity index (χ3n) is 1.40. The van der Waals surface area contributed by atoms with Crippen molar-refractivity contribution < 1.29 is 15.5 Å². The van der Waals surface area contributed by atoms with Gasteiger partial charge in [-0.15, -0.1) is 0 Å². The molecule has 1 atom stereocenters. The molecular weight excluding hydrogens is 194 g/mol. The average Bonchev–Trinajstić information content (AvgIpc) is 2.06. The molecule has 1 unspecified atom stereocenters. The van der Waals surface area contributed by atoms with Crippen LogP contribution in [0.4, 0.5) is 0 Å². The molecule has 1 aromatic rings. The minimum Gasteiger partial charge on any atom is -0.595 e. The van der Waals surface area contributed by atoms with E-state index in [4.69, 9.17) is 16.8 Å². The van der Waals surface area contributed by atoms with Crippen LogP contribution in [-0.4, -0.2) is 10.3 Å². The quantitative estimate of drug-likeness (QED) is 0.620. The lowest BCUT2D eigenvalue weighted by molar-refractivity contribution is -1.00. The highest BCUT2D eigenvalue weighted by Gasteiger charge is 1.98. The van der Waals surface area contributed by atoms with E-state index in [1.165, 1.54) is 24.3 Å². The Morgan fingerprint density at radius 3 is 2.77 bits per heavy atom. The number of aromatic hydroxyl groups is 1. The van der Waals surface area contributed by atoms with Crippen molar-refractivity contribution in [2.24, 2.45) is 0 Å². The van der Waals surface area contributed by atoms with Crippen molar-refractivity contribution >= 4 is 17.7 Å². The van der Waals surface area contributed by atoms with Crippen LogP contribution in [0.15, 0.2) is 24.4 Å². The third kappa shape index (κ3) is 3.04. The average molecular weight is 202 g/mol. The van der Waals surface area contributed by atoms with Crippen LogP contribution in [0.5, 0.6) is 5.75 Å². The van der Waals surface area contributed by atoms with Crippen molar-refractivity contribution in [2.45, 2.75) is 0 Å². The van der Waals surface area contributed by atoms with E-state index >= 15 is 0 Å². The number of phenolic OH excluding ortho intramolecular Hbond substituents is 1. The lowest BCUT2D eigenvalue weighted by atomic mass is 10.2. The summed E-state index contributed by atoms with van der Waals surface area (Å²) in [5.74, 6) is 0.00176. The van der Waals surface area contributed by atoms with Gasteiger partial charge in [-0.1, -0.05) is 11.6 Å². The molecule has 1 aromatic carbocycles. The molecule has 0 saturated carbocycles. The largest absolute Gasteiger partial charge is 0.595 e. The lowest BCUT2D eigenvalue weighted by Gasteiger charge is -2.04. The first-order valence-electron chi connectivity index (χ1n) is 3.49. The van der Waals surface area contributed by atoms with E-state index in [0.717, 1.165) is 6.20 Å². The summed E-state index contributed by atoms with van der Waals surface area (Å²) in [4.78, 5) is 0. The van der Waals surface area contributed by atoms with Crippen LogP contribution in [-0.2, 0) is 0 Å². The number of benzene rings is 1. The molecule has 0 aliphatic rings. The molecule has 70 valence electrons. The standard InChI is InChI=1S/C8H8ClNO3/c9-7-1-2-8(11)6(5-7)3-4-10(12)13/h1-5,10-12H. The van der Waals surface area contributed by atoms with E-state index in [-0.39, 0.29) is 5.75 Å². The first-order valence-corrected chi connectivity index (χ1v) is 3.87. The smallest absolute Gasteiger partial charge is 0.128 e. The number of hydroxylamine groups is 2. The summed E-state index contributed by atoms with van der Waals surface area (Å²) in [5, 5.41) is 27.1. The Balaban J connectivity index is 2.93. The van der Waals surface area contributed by atoms with Gasteiger partial charge in [0.2, 0.25) is 0 Å². The lowest BCUT2D eigenvalue weighted by Crippen LogP contribution is -2.99. The Hall–Kier alpha value is -1.07. The first kappa shape index (κ1) is 10.0. The summed E-state index contributed by atoms with van der Waals surface area (Å²) in [6.07, 6.45) is 2.22. The molecule has 0 spiro atoms. The van der Waals surface area contributed by atoms with Gasteiger partial charge in [-0.25, -0.2) is 10.4 Å². The molecule has 0 amide bonds. The molecule has 0 aromatic heterocycles. The fraction of sp³-hybridized carbons (Fsp3) is 0. The first-order chi connectivity index (χ1) is 6.09. The van der Waals surface area contributed by atoms with Gasteiger partial charge in [0.05, 0.1) is 0 Å². The Morgan fingerprint density at radius 1 is 1.46 bits per heavy atom. The number of halogens is 1. The molecule has 3 N–H and O–H groups in total. The van der Waals surface area contributed by atoms with E-state index < -0.39 is 5.23 Å². The molecular formula is C8H8ClNO3. The molecule has 1 rings (SSSR count). The molecule has 0 bridgehead atoms. The van der Waals surface area contributed by atoms with Gasteiger partial charge in [0.25, 0.3) is 0 Å². The fourth-order valence-corrected chi connectivity index (χ4v) is 1.00. The zero-order valence-corrected chi connectivity index (χ0v) is 7.32. The van der Waals surface area contributed by atoms with Crippen LogP contribution >= 0.6 is 11.6 Å². The number of rotatable bonds is 2. The van der Waals surface area contributed by atoms with Crippen LogP contribution in [0.2, 0.25) is 5.02 Å². The van der Waals surface area contributed by atoms with Crippen molar-refractivity contribution in [3.63, 3.8) is 0 Å². The Kier molecular flexibility index (Phi) is 3.27. The second-order valence-electron chi connectivity index (χ2n) is 2.37. The van der Waals surface area contributed by atoms with E-state index in [2.05, 4.69) is 0 Å². The zero-order valence-electron chi connectivity index (χ0n) is 6.57. The van der Waals surface area contributed by atoms with E-state index in [0.29, 0.717) is 10.6 Å². The SMILES string of the molecule is [O-][NH+](O)C=Cc1cc(Cl)ccc1O. The van der Waals surface area contributed by atoms with Gasteiger partial charge in [0.1, 0.15) is 11.9 Å².